The van der Waals surface area contributed by atoms with Crippen molar-refractivity contribution in [2.45, 2.75) is 25.2 Å². The molecule has 0 unspecified atom stereocenters. The zero-order valence-corrected chi connectivity index (χ0v) is 12.8. The Hall–Kier alpha value is -2.02. The summed E-state index contributed by atoms with van der Waals surface area (Å²) in [5.74, 6) is 0.919. The number of hydrogen-bond donors (Lipinski definition) is 0. The molecule has 1 heterocycles. The van der Waals surface area contributed by atoms with Gasteiger partial charge in [-0.2, -0.15) is 0 Å². The van der Waals surface area contributed by atoms with Crippen LogP contribution >= 0.6 is 11.8 Å². The molecule has 0 N–H and O–H groups in total. The number of methoxy groups -OCH3 is 1. The van der Waals surface area contributed by atoms with Gasteiger partial charge in [-0.25, -0.2) is 0 Å². The summed E-state index contributed by atoms with van der Waals surface area (Å²) in [7, 11) is 1.59. The van der Waals surface area contributed by atoms with Gasteiger partial charge < -0.3 is 13.9 Å². The van der Waals surface area contributed by atoms with Gasteiger partial charge in [0.25, 0.3) is 5.22 Å². The van der Waals surface area contributed by atoms with Gasteiger partial charge in [-0.1, -0.05) is 17.8 Å². The lowest BCUT2D eigenvalue weighted by Gasteiger charge is -2.05. The van der Waals surface area contributed by atoms with Crippen LogP contribution < -0.4 is 4.74 Å². The molecule has 21 heavy (non-hydrogen) atoms. The lowest BCUT2D eigenvalue weighted by Crippen LogP contribution is -2.13. The third-order valence-corrected chi connectivity index (χ3v) is 3.20. The molecule has 0 atom stereocenters. The fourth-order valence-electron chi connectivity index (χ4n) is 1.56. The quantitative estimate of drug-likeness (QED) is 0.600. The van der Waals surface area contributed by atoms with Gasteiger partial charge in [0, 0.05) is 5.56 Å². The first-order chi connectivity index (χ1) is 10.1. The van der Waals surface area contributed by atoms with E-state index in [-0.39, 0.29) is 17.8 Å². The van der Waals surface area contributed by atoms with Crippen molar-refractivity contribution in [3.63, 3.8) is 0 Å². The number of ether oxygens (including phenoxy) is 2. The maximum atomic E-state index is 11.4. The lowest BCUT2D eigenvalue weighted by molar-refractivity contribution is -0.144. The number of carbonyl (C=O) groups excluding carboxylic acids is 1. The van der Waals surface area contributed by atoms with E-state index in [0.717, 1.165) is 17.3 Å². The molecule has 1 aromatic carbocycles. The molecule has 0 saturated heterocycles. The van der Waals surface area contributed by atoms with Gasteiger partial charge in [0.15, 0.2) is 0 Å². The molecule has 0 spiro atoms. The summed E-state index contributed by atoms with van der Waals surface area (Å²) < 4.78 is 15.7. The Morgan fingerprint density at radius 3 is 2.90 bits per heavy atom. The van der Waals surface area contributed by atoms with Gasteiger partial charge in [-0.15, -0.1) is 10.2 Å². The predicted molar refractivity (Wildman–Crippen MR) is 78.2 cm³/mol. The molecule has 0 amide bonds. The Labute approximate surface area is 126 Å². The smallest absolute Gasteiger partial charge is 0.316 e. The normalized spacial score (nSPS) is 10.7. The van der Waals surface area contributed by atoms with Crippen molar-refractivity contribution in [1.29, 1.82) is 0 Å². The number of esters is 1. The molecule has 112 valence electrons. The van der Waals surface area contributed by atoms with Gasteiger partial charge >= 0.3 is 5.97 Å². The zero-order chi connectivity index (χ0) is 15.2. The maximum Gasteiger partial charge on any atom is 0.316 e. The molecule has 7 heteroatoms. The van der Waals surface area contributed by atoms with Crippen molar-refractivity contribution >= 4 is 17.7 Å². The van der Waals surface area contributed by atoms with E-state index in [9.17, 15) is 4.79 Å². The van der Waals surface area contributed by atoms with Crippen LogP contribution in [0.15, 0.2) is 33.9 Å². The summed E-state index contributed by atoms with van der Waals surface area (Å²) in [5.41, 5.74) is 0.762. The minimum Gasteiger partial charge on any atom is -0.497 e. The summed E-state index contributed by atoms with van der Waals surface area (Å²) in [5, 5.41) is 8.18. The fraction of sp³-hybridized carbons (Fsp3) is 0.357. The molecule has 0 radical (unpaired) electrons. The van der Waals surface area contributed by atoms with Gasteiger partial charge in [-0.05, 0) is 32.0 Å². The molecule has 1 aromatic heterocycles. The highest BCUT2D eigenvalue weighted by molar-refractivity contribution is 7.99. The van der Waals surface area contributed by atoms with Crippen molar-refractivity contribution in [1.82, 2.24) is 10.2 Å². The van der Waals surface area contributed by atoms with E-state index < -0.39 is 0 Å². The molecular formula is C14H16N2O4S. The average Bonchev–Trinajstić information content (AvgIpc) is 2.93. The van der Waals surface area contributed by atoms with Crippen molar-refractivity contribution in [2.75, 3.05) is 12.9 Å². The number of rotatable bonds is 6. The van der Waals surface area contributed by atoms with Crippen molar-refractivity contribution in [3.05, 3.63) is 24.3 Å². The Bertz CT molecular complexity index is 613. The molecule has 0 aliphatic heterocycles. The Kier molecular flexibility index (Phi) is 5.21. The highest BCUT2D eigenvalue weighted by Crippen LogP contribution is 2.25. The van der Waals surface area contributed by atoms with Crippen molar-refractivity contribution in [3.8, 4) is 17.2 Å². The van der Waals surface area contributed by atoms with Crippen molar-refractivity contribution < 1.29 is 18.7 Å². The monoisotopic (exact) mass is 308 g/mol. The molecular weight excluding hydrogens is 292 g/mol. The second kappa shape index (κ2) is 7.12. The molecule has 6 nitrogen and oxygen atoms in total. The first kappa shape index (κ1) is 15.4. The topological polar surface area (TPSA) is 74.5 Å². The summed E-state index contributed by atoms with van der Waals surface area (Å²) in [4.78, 5) is 11.4. The van der Waals surface area contributed by atoms with E-state index in [2.05, 4.69) is 10.2 Å². The molecule has 0 fully saturated rings. The first-order valence-electron chi connectivity index (χ1n) is 6.38. The summed E-state index contributed by atoms with van der Waals surface area (Å²) in [6.45, 7) is 3.60. The SMILES string of the molecule is COc1cccc(-c2nnc(SCC(=O)OC(C)C)o2)c1. The average molecular weight is 308 g/mol. The summed E-state index contributed by atoms with van der Waals surface area (Å²) in [6.07, 6.45) is -0.131. The fourth-order valence-corrected chi connectivity index (χ4v) is 2.10. The van der Waals surface area contributed by atoms with Crippen LogP contribution in [0.2, 0.25) is 0 Å². The number of hydrogen-bond acceptors (Lipinski definition) is 7. The van der Waals surface area contributed by atoms with Crippen LogP contribution in [0.25, 0.3) is 11.5 Å². The predicted octanol–water partition coefficient (Wildman–Crippen LogP) is 2.79. The number of benzene rings is 1. The lowest BCUT2D eigenvalue weighted by atomic mass is 10.2. The maximum absolute atomic E-state index is 11.4. The van der Waals surface area contributed by atoms with E-state index >= 15 is 0 Å². The second-order valence-corrected chi connectivity index (χ2v) is 5.36. The van der Waals surface area contributed by atoms with E-state index in [0.29, 0.717) is 16.9 Å². The standard InChI is InChI=1S/C14H16N2O4S/c1-9(2)19-12(17)8-21-14-16-15-13(20-14)10-5-4-6-11(7-10)18-3/h4-7,9H,8H2,1-3H3. The highest BCUT2D eigenvalue weighted by atomic mass is 32.2. The number of aromatic nitrogens is 2. The molecule has 0 saturated carbocycles. The van der Waals surface area contributed by atoms with Crippen LogP contribution in [0.3, 0.4) is 0 Å². The Morgan fingerprint density at radius 1 is 1.38 bits per heavy atom. The largest absolute Gasteiger partial charge is 0.497 e. The molecule has 0 aliphatic carbocycles. The molecule has 2 aromatic rings. The van der Waals surface area contributed by atoms with E-state index in [4.69, 9.17) is 13.9 Å². The van der Waals surface area contributed by atoms with Crippen LogP contribution in [-0.2, 0) is 9.53 Å². The number of carbonyl (C=O) groups is 1. The molecule has 0 aliphatic rings. The van der Waals surface area contributed by atoms with Crippen molar-refractivity contribution in [2.24, 2.45) is 0 Å². The Balaban J connectivity index is 1.99. The van der Waals surface area contributed by atoms with Crippen LogP contribution in [0.1, 0.15) is 13.8 Å². The highest BCUT2D eigenvalue weighted by Gasteiger charge is 2.13. The second-order valence-electron chi connectivity index (χ2n) is 4.43. The number of thioether (sulfide) groups is 1. The minimum absolute atomic E-state index is 0.131. The molecule has 2 rings (SSSR count). The zero-order valence-electron chi connectivity index (χ0n) is 12.0. The third kappa shape index (κ3) is 4.49. The van der Waals surface area contributed by atoms with E-state index in [1.165, 1.54) is 0 Å². The summed E-state index contributed by atoms with van der Waals surface area (Å²) in [6, 6.07) is 7.31. The van der Waals surface area contributed by atoms with Crippen LogP contribution in [-0.4, -0.2) is 35.1 Å². The molecule has 0 bridgehead atoms. The van der Waals surface area contributed by atoms with Gasteiger partial charge in [-0.3, -0.25) is 4.79 Å². The van der Waals surface area contributed by atoms with Crippen LogP contribution in [0.4, 0.5) is 0 Å². The summed E-state index contributed by atoms with van der Waals surface area (Å²) >= 11 is 1.15. The van der Waals surface area contributed by atoms with Gasteiger partial charge in [0.05, 0.1) is 13.2 Å². The number of nitrogens with zero attached hydrogens (tertiary/aromatic N) is 2. The van der Waals surface area contributed by atoms with Crippen LogP contribution in [0, 0.1) is 0 Å². The van der Waals surface area contributed by atoms with Gasteiger partial charge in [0.2, 0.25) is 5.89 Å². The van der Waals surface area contributed by atoms with Gasteiger partial charge in [0.1, 0.15) is 11.5 Å². The first-order valence-corrected chi connectivity index (χ1v) is 7.37. The van der Waals surface area contributed by atoms with E-state index in [1.54, 1.807) is 27.0 Å². The third-order valence-electron chi connectivity index (χ3n) is 2.40. The van der Waals surface area contributed by atoms with E-state index in [1.807, 2.05) is 18.2 Å². The minimum atomic E-state index is -0.309. The van der Waals surface area contributed by atoms with Crippen LogP contribution in [0.5, 0.6) is 5.75 Å². The Morgan fingerprint density at radius 2 is 2.19 bits per heavy atom.